The fourth-order valence-corrected chi connectivity index (χ4v) is 1.84. The molecule has 0 aliphatic carbocycles. The summed E-state index contributed by atoms with van der Waals surface area (Å²) >= 11 is 0. The van der Waals surface area contributed by atoms with E-state index in [1.54, 1.807) is 0 Å². The summed E-state index contributed by atoms with van der Waals surface area (Å²) in [5, 5.41) is 14.7. The number of aryl methyl sites for hydroxylation is 2. The number of nitrogens with one attached hydrogen (secondary N) is 2. The maximum atomic E-state index is 6.05. The van der Waals surface area contributed by atoms with Gasteiger partial charge in [-0.25, -0.2) is 4.68 Å². The number of aromatic amines is 1. The molecule has 0 unspecified atom stereocenters. The van der Waals surface area contributed by atoms with Crippen LogP contribution in [-0.4, -0.2) is 20.0 Å². The predicted molar refractivity (Wildman–Crippen MR) is 72.4 cm³/mol. The van der Waals surface area contributed by atoms with E-state index >= 15 is 0 Å². The molecule has 0 aliphatic rings. The van der Waals surface area contributed by atoms with E-state index in [0.29, 0.717) is 12.2 Å². The van der Waals surface area contributed by atoms with Crippen LogP contribution in [0, 0.1) is 13.8 Å². The highest BCUT2D eigenvalue weighted by Crippen LogP contribution is 2.26. The average Bonchev–Trinajstić information content (AvgIpc) is 2.83. The molecule has 6 heteroatoms. The molecule has 2 heterocycles. The van der Waals surface area contributed by atoms with Crippen molar-refractivity contribution >= 4 is 11.5 Å². The van der Waals surface area contributed by atoms with Crippen LogP contribution in [0.25, 0.3) is 0 Å². The molecule has 0 atom stereocenters. The summed E-state index contributed by atoms with van der Waals surface area (Å²) in [7, 11) is 0. The van der Waals surface area contributed by atoms with Gasteiger partial charge in [0, 0.05) is 23.8 Å². The normalized spacial score (nSPS) is 11.2. The van der Waals surface area contributed by atoms with Crippen LogP contribution in [0.3, 0.4) is 0 Å². The van der Waals surface area contributed by atoms with Gasteiger partial charge >= 0.3 is 0 Å². The van der Waals surface area contributed by atoms with E-state index in [2.05, 4.69) is 34.5 Å². The van der Waals surface area contributed by atoms with Crippen molar-refractivity contribution in [2.24, 2.45) is 0 Å². The van der Waals surface area contributed by atoms with Gasteiger partial charge in [0.15, 0.2) is 0 Å². The number of H-pyrrole nitrogens is 1. The van der Waals surface area contributed by atoms with Gasteiger partial charge in [0.05, 0.1) is 17.6 Å². The third-order valence-electron chi connectivity index (χ3n) is 3.00. The first-order valence-corrected chi connectivity index (χ1v) is 6.08. The maximum absolute atomic E-state index is 6.05. The zero-order valence-electron chi connectivity index (χ0n) is 11.3. The molecule has 0 bridgehead atoms. The van der Waals surface area contributed by atoms with Gasteiger partial charge in [0.25, 0.3) is 0 Å². The lowest BCUT2D eigenvalue weighted by atomic mass is 10.2. The molecule has 4 N–H and O–H groups in total. The molecule has 2 aromatic rings. The second-order valence-corrected chi connectivity index (χ2v) is 4.76. The summed E-state index contributed by atoms with van der Waals surface area (Å²) < 4.78 is 1.92. The molecule has 0 saturated heterocycles. The van der Waals surface area contributed by atoms with Crippen molar-refractivity contribution in [3.63, 3.8) is 0 Å². The van der Waals surface area contributed by atoms with Gasteiger partial charge in [-0.15, -0.1) is 0 Å². The van der Waals surface area contributed by atoms with Gasteiger partial charge in [-0.3, -0.25) is 5.10 Å². The fourth-order valence-electron chi connectivity index (χ4n) is 1.84. The van der Waals surface area contributed by atoms with E-state index in [1.807, 2.05) is 24.7 Å². The van der Waals surface area contributed by atoms with E-state index < -0.39 is 0 Å². The van der Waals surface area contributed by atoms with Crippen molar-refractivity contribution in [2.75, 3.05) is 11.1 Å². The zero-order chi connectivity index (χ0) is 13.3. The van der Waals surface area contributed by atoms with Gasteiger partial charge < -0.3 is 11.1 Å². The molecule has 2 rings (SSSR count). The van der Waals surface area contributed by atoms with E-state index in [1.165, 1.54) is 0 Å². The highest BCUT2D eigenvalue weighted by Gasteiger charge is 2.14. The van der Waals surface area contributed by atoms with Crippen LogP contribution in [0.2, 0.25) is 0 Å². The number of nitrogens with two attached hydrogens (primary N) is 1. The highest BCUT2D eigenvalue weighted by molar-refractivity contribution is 5.65. The third-order valence-corrected chi connectivity index (χ3v) is 3.00. The first-order chi connectivity index (χ1) is 8.50. The number of nitrogens with zero attached hydrogens (tertiary/aromatic N) is 3. The second kappa shape index (κ2) is 4.72. The van der Waals surface area contributed by atoms with Gasteiger partial charge in [-0.2, -0.15) is 10.2 Å². The van der Waals surface area contributed by atoms with E-state index in [4.69, 9.17) is 5.73 Å². The van der Waals surface area contributed by atoms with Crippen molar-refractivity contribution in [3.8, 4) is 0 Å². The lowest BCUT2D eigenvalue weighted by molar-refractivity contribution is 0.534. The minimum atomic E-state index is 0.272. The Hall–Kier alpha value is -1.98. The SMILES string of the molecule is Cc1nn(C(C)C)c(NCc2cn[nH]c2C)c1N. The van der Waals surface area contributed by atoms with E-state index in [-0.39, 0.29) is 6.04 Å². The quantitative estimate of drug-likeness (QED) is 0.772. The Morgan fingerprint density at radius 3 is 2.72 bits per heavy atom. The Morgan fingerprint density at radius 1 is 1.44 bits per heavy atom. The molecule has 0 radical (unpaired) electrons. The minimum absolute atomic E-state index is 0.272. The van der Waals surface area contributed by atoms with Crippen molar-refractivity contribution in [1.29, 1.82) is 0 Å². The lowest BCUT2D eigenvalue weighted by Gasteiger charge is -2.13. The van der Waals surface area contributed by atoms with Crippen LogP contribution < -0.4 is 11.1 Å². The van der Waals surface area contributed by atoms with Gasteiger partial charge in [-0.1, -0.05) is 0 Å². The molecule has 2 aromatic heterocycles. The summed E-state index contributed by atoms with van der Waals surface area (Å²) in [6.07, 6.45) is 1.82. The number of nitrogen functional groups attached to an aromatic ring is 1. The number of aromatic nitrogens is 4. The van der Waals surface area contributed by atoms with Crippen molar-refractivity contribution < 1.29 is 0 Å². The first-order valence-electron chi connectivity index (χ1n) is 6.08. The molecule has 18 heavy (non-hydrogen) atoms. The molecule has 0 amide bonds. The van der Waals surface area contributed by atoms with Crippen LogP contribution in [0.4, 0.5) is 11.5 Å². The summed E-state index contributed by atoms with van der Waals surface area (Å²) in [5.74, 6) is 0.878. The number of anilines is 2. The predicted octanol–water partition coefficient (Wildman–Crippen LogP) is 2.00. The van der Waals surface area contributed by atoms with Crippen molar-refractivity contribution in [1.82, 2.24) is 20.0 Å². The lowest BCUT2D eigenvalue weighted by Crippen LogP contribution is -2.11. The van der Waals surface area contributed by atoms with Crippen LogP contribution >= 0.6 is 0 Å². The zero-order valence-corrected chi connectivity index (χ0v) is 11.3. The Labute approximate surface area is 107 Å². The summed E-state index contributed by atoms with van der Waals surface area (Å²) in [6.45, 7) is 8.77. The molecular weight excluding hydrogens is 228 g/mol. The molecular formula is C12H20N6. The number of rotatable bonds is 4. The van der Waals surface area contributed by atoms with Crippen LogP contribution in [-0.2, 0) is 6.54 Å². The molecule has 0 saturated carbocycles. The second-order valence-electron chi connectivity index (χ2n) is 4.76. The molecule has 98 valence electrons. The Morgan fingerprint density at radius 2 is 2.17 bits per heavy atom. The van der Waals surface area contributed by atoms with E-state index in [9.17, 15) is 0 Å². The Kier molecular flexibility index (Phi) is 3.27. The highest BCUT2D eigenvalue weighted by atomic mass is 15.4. The third kappa shape index (κ3) is 2.18. The summed E-state index contributed by atoms with van der Waals surface area (Å²) in [6, 6.07) is 0.272. The smallest absolute Gasteiger partial charge is 0.148 e. The van der Waals surface area contributed by atoms with Crippen LogP contribution in [0.5, 0.6) is 0 Å². The Bertz CT molecular complexity index is 537. The minimum Gasteiger partial charge on any atom is -0.394 e. The van der Waals surface area contributed by atoms with E-state index in [0.717, 1.165) is 22.8 Å². The monoisotopic (exact) mass is 248 g/mol. The van der Waals surface area contributed by atoms with Gasteiger partial charge in [0.1, 0.15) is 5.82 Å². The van der Waals surface area contributed by atoms with Gasteiger partial charge in [0.2, 0.25) is 0 Å². The molecule has 0 aromatic carbocycles. The van der Waals surface area contributed by atoms with Crippen molar-refractivity contribution in [3.05, 3.63) is 23.1 Å². The fraction of sp³-hybridized carbons (Fsp3) is 0.500. The van der Waals surface area contributed by atoms with Gasteiger partial charge in [-0.05, 0) is 27.7 Å². The number of hydrogen-bond acceptors (Lipinski definition) is 4. The first kappa shape index (κ1) is 12.5. The summed E-state index contributed by atoms with van der Waals surface area (Å²) in [5.41, 5.74) is 9.81. The Balaban J connectivity index is 2.21. The molecule has 0 aliphatic heterocycles. The largest absolute Gasteiger partial charge is 0.394 e. The molecule has 0 fully saturated rings. The molecule has 6 nitrogen and oxygen atoms in total. The van der Waals surface area contributed by atoms with Crippen molar-refractivity contribution in [2.45, 2.75) is 40.3 Å². The standard InChI is InChI=1S/C12H20N6/c1-7(2)18-12(11(13)9(4)17-18)14-5-10-6-15-16-8(10)3/h6-7,14H,5,13H2,1-4H3,(H,15,16). The molecule has 0 spiro atoms. The topological polar surface area (TPSA) is 84.5 Å². The average molecular weight is 248 g/mol. The summed E-state index contributed by atoms with van der Waals surface area (Å²) in [4.78, 5) is 0. The maximum Gasteiger partial charge on any atom is 0.148 e. The van der Waals surface area contributed by atoms with Crippen LogP contribution in [0.15, 0.2) is 6.20 Å². The van der Waals surface area contributed by atoms with Crippen LogP contribution in [0.1, 0.15) is 36.8 Å². The number of hydrogen-bond donors (Lipinski definition) is 3.